The van der Waals surface area contributed by atoms with Crippen molar-refractivity contribution < 1.29 is 19.4 Å². The number of H-pyrrole nitrogens is 1. The Morgan fingerprint density at radius 3 is 2.88 bits per heavy atom. The van der Waals surface area contributed by atoms with E-state index >= 15 is 0 Å². The number of benzene rings is 2. The van der Waals surface area contributed by atoms with Gasteiger partial charge in [-0.05, 0) is 36.4 Å². The maximum absolute atomic E-state index is 12.8. The molecule has 2 aromatic heterocycles. The number of methoxy groups -OCH3 is 1. The molecule has 162 valence electrons. The second kappa shape index (κ2) is 9.00. The van der Waals surface area contributed by atoms with Crippen LogP contribution in [0.2, 0.25) is 0 Å². The minimum atomic E-state index is -0.550. The molecular weight excluding hydrogens is 414 g/mol. The van der Waals surface area contributed by atoms with Gasteiger partial charge in [-0.1, -0.05) is 11.3 Å². The molecule has 0 radical (unpaired) electrons. The van der Waals surface area contributed by atoms with Crippen LogP contribution in [-0.4, -0.2) is 49.1 Å². The number of carbonyl (C=O) groups is 2. The highest BCUT2D eigenvalue weighted by atomic mass is 16.5. The molecule has 0 spiro atoms. The fourth-order valence-electron chi connectivity index (χ4n) is 2.93. The minimum absolute atomic E-state index is 0.0386. The molecule has 4 rings (SSSR count). The van der Waals surface area contributed by atoms with E-state index in [-0.39, 0.29) is 11.3 Å². The van der Waals surface area contributed by atoms with Crippen LogP contribution in [0, 0.1) is 0 Å². The minimum Gasteiger partial charge on any atom is -0.507 e. The Kier molecular flexibility index (Phi) is 5.79. The highest BCUT2D eigenvalue weighted by molar-refractivity contribution is 6.07. The van der Waals surface area contributed by atoms with Crippen LogP contribution in [0.1, 0.15) is 26.4 Å². The van der Waals surface area contributed by atoms with Gasteiger partial charge in [0.2, 0.25) is 0 Å². The van der Waals surface area contributed by atoms with Gasteiger partial charge in [0.1, 0.15) is 11.4 Å². The van der Waals surface area contributed by atoms with E-state index in [1.807, 2.05) is 0 Å². The summed E-state index contributed by atoms with van der Waals surface area (Å²) in [5.41, 5.74) is 1.90. The summed E-state index contributed by atoms with van der Waals surface area (Å²) >= 11 is 0. The maximum Gasteiger partial charge on any atom is 0.337 e. The van der Waals surface area contributed by atoms with Gasteiger partial charge in [-0.3, -0.25) is 4.79 Å². The van der Waals surface area contributed by atoms with Gasteiger partial charge < -0.3 is 25.5 Å². The Morgan fingerprint density at radius 1 is 1.22 bits per heavy atom. The van der Waals surface area contributed by atoms with E-state index < -0.39 is 11.9 Å². The van der Waals surface area contributed by atoms with E-state index in [0.717, 1.165) is 0 Å². The molecule has 1 amide bonds. The quantitative estimate of drug-likeness (QED) is 0.325. The number of imidazole rings is 1. The summed E-state index contributed by atoms with van der Waals surface area (Å²) in [7, 11) is 1.28. The predicted molar refractivity (Wildman–Crippen MR) is 115 cm³/mol. The third-order valence-corrected chi connectivity index (χ3v) is 4.51. The maximum atomic E-state index is 12.8. The molecule has 0 aliphatic carbocycles. The SMILES string of the molecule is COC(=O)c1cccc(NC(=O)c2cc(-n3cc(CNc4ncc[nH]4)nn3)ccc2O)c1. The molecule has 0 saturated carbocycles. The highest BCUT2D eigenvalue weighted by Gasteiger charge is 2.15. The van der Waals surface area contributed by atoms with E-state index in [4.69, 9.17) is 0 Å². The predicted octanol–water partition coefficient (Wildman–Crippen LogP) is 2.35. The third-order valence-electron chi connectivity index (χ3n) is 4.51. The van der Waals surface area contributed by atoms with E-state index in [9.17, 15) is 14.7 Å². The molecule has 0 atom stereocenters. The zero-order chi connectivity index (χ0) is 22.5. The van der Waals surface area contributed by atoms with Crippen LogP contribution in [-0.2, 0) is 11.3 Å². The lowest BCUT2D eigenvalue weighted by Crippen LogP contribution is -2.13. The number of aromatic nitrogens is 5. The zero-order valence-electron chi connectivity index (χ0n) is 16.9. The molecule has 0 fully saturated rings. The number of nitrogens with one attached hydrogen (secondary N) is 3. The number of rotatable bonds is 7. The molecule has 0 bridgehead atoms. The van der Waals surface area contributed by atoms with Crippen molar-refractivity contribution in [3.05, 3.63) is 77.9 Å². The summed E-state index contributed by atoms with van der Waals surface area (Å²) in [5, 5.41) is 24.1. The fourth-order valence-corrected chi connectivity index (χ4v) is 2.93. The van der Waals surface area contributed by atoms with E-state index in [1.165, 1.54) is 30.0 Å². The number of amides is 1. The zero-order valence-corrected chi connectivity index (χ0v) is 16.9. The van der Waals surface area contributed by atoms with Crippen LogP contribution >= 0.6 is 0 Å². The molecule has 4 aromatic rings. The van der Waals surface area contributed by atoms with Crippen molar-refractivity contribution >= 4 is 23.5 Å². The molecular formula is C21H19N7O4. The van der Waals surface area contributed by atoms with Crippen LogP contribution in [0.5, 0.6) is 5.75 Å². The Morgan fingerprint density at radius 2 is 2.09 bits per heavy atom. The number of nitrogens with zero attached hydrogens (tertiary/aromatic N) is 4. The summed E-state index contributed by atoms with van der Waals surface area (Å²) in [6.07, 6.45) is 5.03. The van der Waals surface area contributed by atoms with Crippen LogP contribution < -0.4 is 10.6 Å². The number of phenols is 1. The third kappa shape index (κ3) is 4.56. The lowest BCUT2D eigenvalue weighted by atomic mass is 10.1. The van der Waals surface area contributed by atoms with Crippen molar-refractivity contribution in [2.45, 2.75) is 6.54 Å². The molecule has 11 heteroatoms. The lowest BCUT2D eigenvalue weighted by Gasteiger charge is -2.10. The molecule has 2 heterocycles. The Bertz CT molecular complexity index is 1250. The van der Waals surface area contributed by atoms with Gasteiger partial charge in [0.05, 0.1) is 36.7 Å². The van der Waals surface area contributed by atoms with Gasteiger partial charge in [-0.15, -0.1) is 5.10 Å². The topological polar surface area (TPSA) is 147 Å². The summed E-state index contributed by atoms with van der Waals surface area (Å²) in [6.45, 7) is 0.398. The number of anilines is 2. The number of hydrogen-bond donors (Lipinski definition) is 4. The van der Waals surface area contributed by atoms with E-state index in [1.54, 1.807) is 42.9 Å². The van der Waals surface area contributed by atoms with Gasteiger partial charge in [-0.25, -0.2) is 14.5 Å². The van der Waals surface area contributed by atoms with E-state index in [0.29, 0.717) is 35.1 Å². The molecule has 0 saturated heterocycles. The summed E-state index contributed by atoms with van der Waals surface area (Å²) in [6, 6.07) is 10.8. The molecule has 11 nitrogen and oxygen atoms in total. The standard InChI is InChI=1S/C21H19N7O4/c1-32-20(31)13-3-2-4-14(9-13)25-19(30)17-10-16(5-6-18(17)29)28-12-15(26-27-28)11-24-21-22-7-8-23-21/h2-10,12,29H,11H2,1H3,(H,25,30)(H2,22,23,24). The first-order chi connectivity index (χ1) is 15.5. The fraction of sp³-hybridized carbons (Fsp3) is 0.0952. The average Bonchev–Trinajstić information content (AvgIpc) is 3.50. The Balaban J connectivity index is 1.50. The smallest absolute Gasteiger partial charge is 0.337 e. The second-order valence-corrected chi connectivity index (χ2v) is 6.67. The first-order valence-electron chi connectivity index (χ1n) is 9.51. The van der Waals surface area contributed by atoms with Crippen molar-refractivity contribution in [2.24, 2.45) is 0 Å². The van der Waals surface area contributed by atoms with Crippen LogP contribution in [0.25, 0.3) is 5.69 Å². The van der Waals surface area contributed by atoms with Gasteiger partial charge in [0, 0.05) is 18.1 Å². The largest absolute Gasteiger partial charge is 0.507 e. The van der Waals surface area contributed by atoms with Crippen LogP contribution in [0.4, 0.5) is 11.6 Å². The number of esters is 1. The summed E-state index contributed by atoms with van der Waals surface area (Å²) < 4.78 is 6.18. The van der Waals surface area contributed by atoms with Crippen LogP contribution in [0.15, 0.2) is 61.1 Å². The normalized spacial score (nSPS) is 10.5. The Labute approximate surface area is 182 Å². The highest BCUT2D eigenvalue weighted by Crippen LogP contribution is 2.22. The summed E-state index contributed by atoms with van der Waals surface area (Å²) in [5.74, 6) is -0.657. The van der Waals surface area contributed by atoms with Crippen molar-refractivity contribution in [1.29, 1.82) is 0 Å². The van der Waals surface area contributed by atoms with Crippen LogP contribution in [0.3, 0.4) is 0 Å². The average molecular weight is 433 g/mol. The number of ether oxygens (including phenoxy) is 1. The second-order valence-electron chi connectivity index (χ2n) is 6.67. The lowest BCUT2D eigenvalue weighted by molar-refractivity contribution is 0.0600. The van der Waals surface area contributed by atoms with Crippen molar-refractivity contribution in [3.63, 3.8) is 0 Å². The number of carbonyl (C=O) groups excluding carboxylic acids is 2. The number of aromatic hydroxyl groups is 1. The monoisotopic (exact) mass is 433 g/mol. The van der Waals surface area contributed by atoms with Gasteiger partial charge in [0.15, 0.2) is 5.95 Å². The van der Waals surface area contributed by atoms with Gasteiger partial charge in [0.25, 0.3) is 5.91 Å². The first kappa shape index (κ1) is 20.6. The van der Waals surface area contributed by atoms with Crippen molar-refractivity contribution in [1.82, 2.24) is 25.0 Å². The van der Waals surface area contributed by atoms with Crippen molar-refractivity contribution in [2.75, 3.05) is 17.7 Å². The molecule has 0 aliphatic rings. The summed E-state index contributed by atoms with van der Waals surface area (Å²) in [4.78, 5) is 31.4. The number of aromatic amines is 1. The van der Waals surface area contributed by atoms with E-state index in [2.05, 4.69) is 35.7 Å². The molecule has 32 heavy (non-hydrogen) atoms. The molecule has 2 aromatic carbocycles. The number of phenolic OH excluding ortho intramolecular Hbond substituents is 1. The molecule has 4 N–H and O–H groups in total. The van der Waals surface area contributed by atoms with Crippen molar-refractivity contribution in [3.8, 4) is 11.4 Å². The molecule has 0 aliphatic heterocycles. The molecule has 0 unspecified atom stereocenters. The Hall–Kier alpha value is -4.67. The first-order valence-corrected chi connectivity index (χ1v) is 9.51. The number of hydrogen-bond acceptors (Lipinski definition) is 8. The van der Waals surface area contributed by atoms with Gasteiger partial charge >= 0.3 is 5.97 Å². The van der Waals surface area contributed by atoms with Gasteiger partial charge in [-0.2, -0.15) is 0 Å².